The molecule has 1 atom stereocenters. The first-order chi connectivity index (χ1) is 9.02. The van der Waals surface area contributed by atoms with Crippen molar-refractivity contribution in [3.05, 3.63) is 29.3 Å². The lowest BCUT2D eigenvalue weighted by Gasteiger charge is -2.25. The Hall–Kier alpha value is -1.67. The number of halogens is 2. The van der Waals surface area contributed by atoms with Crippen LogP contribution in [0.4, 0.5) is 14.5 Å². The normalized spacial score (nSPS) is 16.2. The molecular weight excluding hydrogens is 248 g/mol. The highest BCUT2D eigenvalue weighted by Gasteiger charge is 2.29. The van der Waals surface area contributed by atoms with Crippen molar-refractivity contribution in [1.29, 1.82) is 5.26 Å². The van der Waals surface area contributed by atoms with Gasteiger partial charge in [-0.25, -0.2) is 8.78 Å². The van der Waals surface area contributed by atoms with Crippen LogP contribution in [-0.2, 0) is 0 Å². The fourth-order valence-electron chi connectivity index (χ4n) is 2.04. The van der Waals surface area contributed by atoms with Crippen LogP contribution in [0, 0.1) is 23.0 Å². The zero-order valence-electron chi connectivity index (χ0n) is 11.1. The van der Waals surface area contributed by atoms with Gasteiger partial charge in [0.25, 0.3) is 0 Å². The van der Waals surface area contributed by atoms with Crippen LogP contribution in [0.15, 0.2) is 12.1 Å². The van der Waals surface area contributed by atoms with Gasteiger partial charge in [0.05, 0.1) is 11.6 Å². The molecule has 5 heteroatoms. The van der Waals surface area contributed by atoms with E-state index in [4.69, 9.17) is 5.26 Å². The molecule has 19 heavy (non-hydrogen) atoms. The molecule has 0 amide bonds. The number of benzene rings is 1. The Morgan fingerprint density at radius 3 is 2.47 bits per heavy atom. The minimum Gasteiger partial charge on any atom is -0.379 e. The van der Waals surface area contributed by atoms with Crippen LogP contribution >= 0.6 is 0 Å². The average Bonchev–Trinajstić information content (AvgIpc) is 3.20. The van der Waals surface area contributed by atoms with E-state index in [-0.39, 0.29) is 17.3 Å². The standard InChI is InChI=1S/C14H17F2N3/c1-9(19(2)11-3-4-11)8-18-14-12(15)5-10(7-17)6-13(14)16/h5-6,9,11,18H,3-4,8H2,1-2H3. The van der Waals surface area contributed by atoms with Gasteiger partial charge in [-0.15, -0.1) is 0 Å². The summed E-state index contributed by atoms with van der Waals surface area (Å²) >= 11 is 0. The van der Waals surface area contributed by atoms with Crippen molar-refractivity contribution in [1.82, 2.24) is 4.90 Å². The Morgan fingerprint density at radius 1 is 1.42 bits per heavy atom. The number of anilines is 1. The molecule has 0 heterocycles. The Labute approximate surface area is 111 Å². The summed E-state index contributed by atoms with van der Waals surface area (Å²) in [7, 11) is 2.02. The van der Waals surface area contributed by atoms with Crippen molar-refractivity contribution in [2.24, 2.45) is 0 Å². The van der Waals surface area contributed by atoms with E-state index >= 15 is 0 Å². The van der Waals surface area contributed by atoms with E-state index in [9.17, 15) is 8.78 Å². The SMILES string of the molecule is CC(CNc1c(F)cc(C#N)cc1F)N(C)C1CC1. The average molecular weight is 265 g/mol. The zero-order chi connectivity index (χ0) is 14.0. The first-order valence-corrected chi connectivity index (χ1v) is 6.38. The van der Waals surface area contributed by atoms with Crippen molar-refractivity contribution >= 4 is 5.69 Å². The first kappa shape index (κ1) is 13.8. The summed E-state index contributed by atoms with van der Waals surface area (Å²) in [5.74, 6) is -1.45. The Kier molecular flexibility index (Phi) is 4.01. The molecule has 2 rings (SSSR count). The van der Waals surface area contributed by atoms with E-state index in [0.29, 0.717) is 12.6 Å². The summed E-state index contributed by atoms with van der Waals surface area (Å²) in [5, 5.41) is 11.4. The summed E-state index contributed by atoms with van der Waals surface area (Å²) in [6.07, 6.45) is 2.39. The molecule has 1 fully saturated rings. The van der Waals surface area contributed by atoms with Crippen LogP contribution in [0.25, 0.3) is 0 Å². The van der Waals surface area contributed by atoms with Crippen molar-refractivity contribution in [2.45, 2.75) is 31.8 Å². The Morgan fingerprint density at radius 2 is 2.00 bits per heavy atom. The number of rotatable bonds is 5. The third kappa shape index (κ3) is 3.21. The lowest BCUT2D eigenvalue weighted by Crippen LogP contribution is -2.36. The van der Waals surface area contributed by atoms with E-state index in [1.165, 1.54) is 12.8 Å². The molecule has 0 aromatic heterocycles. The van der Waals surface area contributed by atoms with Gasteiger partial charge in [-0.05, 0) is 38.9 Å². The van der Waals surface area contributed by atoms with Gasteiger partial charge in [-0.1, -0.05) is 0 Å². The Bertz CT molecular complexity index is 483. The van der Waals surface area contributed by atoms with Crippen molar-refractivity contribution in [3.8, 4) is 6.07 Å². The Balaban J connectivity index is 2.01. The molecule has 1 unspecified atom stereocenters. The maximum absolute atomic E-state index is 13.7. The maximum Gasteiger partial charge on any atom is 0.150 e. The molecule has 1 aliphatic rings. The van der Waals surface area contributed by atoms with E-state index in [1.807, 2.05) is 14.0 Å². The van der Waals surface area contributed by atoms with Crippen LogP contribution in [0.5, 0.6) is 0 Å². The molecule has 102 valence electrons. The lowest BCUT2D eigenvalue weighted by molar-refractivity contribution is 0.257. The van der Waals surface area contributed by atoms with E-state index < -0.39 is 11.6 Å². The molecule has 0 spiro atoms. The molecular formula is C14H17F2N3. The first-order valence-electron chi connectivity index (χ1n) is 6.38. The van der Waals surface area contributed by atoms with Gasteiger partial charge >= 0.3 is 0 Å². The second-order valence-corrected chi connectivity index (χ2v) is 5.05. The number of hydrogen-bond acceptors (Lipinski definition) is 3. The molecule has 0 radical (unpaired) electrons. The minimum atomic E-state index is -0.724. The fraction of sp³-hybridized carbons (Fsp3) is 0.500. The van der Waals surface area contributed by atoms with Crippen molar-refractivity contribution in [2.75, 3.05) is 18.9 Å². The van der Waals surface area contributed by atoms with Crippen molar-refractivity contribution in [3.63, 3.8) is 0 Å². The topological polar surface area (TPSA) is 39.1 Å². The molecule has 0 saturated heterocycles. The van der Waals surface area contributed by atoms with Gasteiger partial charge < -0.3 is 5.32 Å². The number of likely N-dealkylation sites (N-methyl/N-ethyl adjacent to an activating group) is 1. The summed E-state index contributed by atoms with van der Waals surface area (Å²) in [6.45, 7) is 2.48. The van der Waals surface area contributed by atoms with Crippen LogP contribution in [0.3, 0.4) is 0 Å². The smallest absolute Gasteiger partial charge is 0.150 e. The molecule has 1 N–H and O–H groups in total. The molecule has 3 nitrogen and oxygen atoms in total. The fourth-order valence-corrected chi connectivity index (χ4v) is 2.04. The van der Waals surface area contributed by atoms with Crippen LogP contribution in [-0.4, -0.2) is 30.6 Å². The van der Waals surface area contributed by atoms with Gasteiger partial charge in [0.1, 0.15) is 5.69 Å². The lowest BCUT2D eigenvalue weighted by atomic mass is 10.2. The van der Waals surface area contributed by atoms with Crippen LogP contribution in [0.1, 0.15) is 25.3 Å². The number of nitrogens with zero attached hydrogens (tertiary/aromatic N) is 2. The summed E-state index contributed by atoms with van der Waals surface area (Å²) in [4.78, 5) is 2.21. The summed E-state index contributed by atoms with van der Waals surface area (Å²) in [6, 6.07) is 4.61. The second kappa shape index (κ2) is 5.54. The van der Waals surface area contributed by atoms with Gasteiger partial charge in [0.15, 0.2) is 11.6 Å². The van der Waals surface area contributed by atoms with E-state index in [0.717, 1.165) is 12.1 Å². The molecule has 0 aliphatic heterocycles. The summed E-state index contributed by atoms with van der Waals surface area (Å²) in [5.41, 5.74) is -0.168. The molecule has 0 bridgehead atoms. The molecule has 1 aromatic rings. The largest absolute Gasteiger partial charge is 0.379 e. The number of hydrogen-bond donors (Lipinski definition) is 1. The molecule has 1 aliphatic carbocycles. The molecule has 1 saturated carbocycles. The van der Waals surface area contributed by atoms with Crippen LogP contribution in [0.2, 0.25) is 0 Å². The van der Waals surface area contributed by atoms with Gasteiger partial charge in [-0.2, -0.15) is 5.26 Å². The highest BCUT2D eigenvalue weighted by molar-refractivity contribution is 5.50. The highest BCUT2D eigenvalue weighted by Crippen LogP contribution is 2.27. The zero-order valence-corrected chi connectivity index (χ0v) is 11.1. The maximum atomic E-state index is 13.7. The van der Waals surface area contributed by atoms with E-state index in [2.05, 4.69) is 10.2 Å². The minimum absolute atomic E-state index is 0.0105. The van der Waals surface area contributed by atoms with Gasteiger partial charge in [0.2, 0.25) is 0 Å². The number of nitriles is 1. The van der Waals surface area contributed by atoms with Crippen LogP contribution < -0.4 is 5.32 Å². The molecule has 1 aromatic carbocycles. The predicted octanol–water partition coefficient (Wildman–Crippen LogP) is 2.73. The van der Waals surface area contributed by atoms with Gasteiger partial charge in [-0.3, -0.25) is 4.90 Å². The predicted molar refractivity (Wildman–Crippen MR) is 69.8 cm³/mol. The summed E-state index contributed by atoms with van der Waals surface area (Å²) < 4.78 is 27.3. The van der Waals surface area contributed by atoms with Crippen molar-refractivity contribution < 1.29 is 8.78 Å². The third-order valence-electron chi connectivity index (χ3n) is 3.56. The third-order valence-corrected chi connectivity index (χ3v) is 3.56. The number of nitrogens with one attached hydrogen (secondary N) is 1. The quantitative estimate of drug-likeness (QED) is 0.889. The van der Waals surface area contributed by atoms with Gasteiger partial charge in [0, 0.05) is 18.6 Å². The second-order valence-electron chi connectivity index (χ2n) is 5.05. The highest BCUT2D eigenvalue weighted by atomic mass is 19.1. The van der Waals surface area contributed by atoms with E-state index in [1.54, 1.807) is 6.07 Å². The monoisotopic (exact) mass is 265 g/mol.